The van der Waals surface area contributed by atoms with Crippen LogP contribution in [-0.2, 0) is 6.18 Å². The fraction of sp³-hybridized carbons (Fsp3) is 0.400. The van der Waals surface area contributed by atoms with Crippen LogP contribution in [0.15, 0.2) is 30.3 Å². The van der Waals surface area contributed by atoms with Gasteiger partial charge in [-0.05, 0) is 44.0 Å². The lowest BCUT2D eigenvalue weighted by Crippen LogP contribution is -2.31. The molecule has 0 N–H and O–H groups in total. The minimum absolute atomic E-state index is 0.0418. The van der Waals surface area contributed by atoms with E-state index < -0.39 is 11.7 Å². The SMILES string of the molecule is CCCN(CCC)C(=O)c1cc2c(C)nn(-c3cccc(C(F)(F)F)c3)c2s1. The molecule has 0 aliphatic heterocycles. The Morgan fingerprint density at radius 2 is 1.86 bits per heavy atom. The van der Waals surface area contributed by atoms with Crippen LogP contribution in [0.5, 0.6) is 0 Å². The van der Waals surface area contributed by atoms with E-state index in [0.29, 0.717) is 34.2 Å². The van der Waals surface area contributed by atoms with Crippen molar-refractivity contribution in [1.29, 1.82) is 0 Å². The molecular formula is C20H22F3N3OS. The third kappa shape index (κ3) is 3.92. The Bertz CT molecular complexity index is 984. The van der Waals surface area contributed by atoms with Crippen molar-refractivity contribution in [2.45, 2.75) is 39.8 Å². The van der Waals surface area contributed by atoms with E-state index in [-0.39, 0.29) is 5.91 Å². The number of halogens is 3. The first-order chi connectivity index (χ1) is 13.3. The smallest absolute Gasteiger partial charge is 0.338 e. The summed E-state index contributed by atoms with van der Waals surface area (Å²) in [4.78, 5) is 16.0. The first-order valence-electron chi connectivity index (χ1n) is 9.22. The molecule has 0 saturated heterocycles. The largest absolute Gasteiger partial charge is 0.416 e. The Labute approximate surface area is 165 Å². The number of carbonyl (C=O) groups excluding carboxylic acids is 1. The van der Waals surface area contributed by atoms with Crippen LogP contribution in [0.2, 0.25) is 0 Å². The molecule has 28 heavy (non-hydrogen) atoms. The van der Waals surface area contributed by atoms with E-state index in [1.54, 1.807) is 19.1 Å². The minimum Gasteiger partial charge on any atom is -0.338 e. The summed E-state index contributed by atoms with van der Waals surface area (Å²) in [6, 6.07) is 6.86. The zero-order valence-electron chi connectivity index (χ0n) is 16.0. The standard InChI is InChI=1S/C20H22F3N3OS/c1-4-9-25(10-5-2)18(27)17-12-16-13(3)24-26(19(16)28-17)15-8-6-7-14(11-15)20(21,22)23/h6-8,11-12H,4-5,9-10H2,1-3H3. The van der Waals surface area contributed by atoms with Crippen LogP contribution in [0, 0.1) is 6.92 Å². The minimum atomic E-state index is -4.42. The summed E-state index contributed by atoms with van der Waals surface area (Å²) >= 11 is 1.27. The van der Waals surface area contributed by atoms with Gasteiger partial charge in [-0.2, -0.15) is 18.3 Å². The molecule has 2 aromatic heterocycles. The predicted octanol–water partition coefficient (Wildman–Crippen LogP) is 5.68. The van der Waals surface area contributed by atoms with Crippen molar-refractivity contribution >= 4 is 27.5 Å². The van der Waals surface area contributed by atoms with Gasteiger partial charge < -0.3 is 4.90 Å². The Morgan fingerprint density at radius 3 is 2.46 bits per heavy atom. The number of nitrogens with zero attached hydrogens (tertiary/aromatic N) is 3. The van der Waals surface area contributed by atoms with Crippen molar-refractivity contribution in [2.24, 2.45) is 0 Å². The van der Waals surface area contributed by atoms with E-state index in [1.807, 2.05) is 18.7 Å². The normalized spacial score (nSPS) is 11.9. The number of alkyl halides is 3. The number of aryl methyl sites for hydroxylation is 1. The lowest BCUT2D eigenvalue weighted by molar-refractivity contribution is -0.137. The Morgan fingerprint density at radius 1 is 1.18 bits per heavy atom. The van der Waals surface area contributed by atoms with Gasteiger partial charge in [-0.1, -0.05) is 19.9 Å². The number of amides is 1. The lowest BCUT2D eigenvalue weighted by Gasteiger charge is -2.20. The third-order valence-corrected chi connectivity index (χ3v) is 5.55. The second-order valence-electron chi connectivity index (χ2n) is 6.67. The van der Waals surface area contributed by atoms with E-state index in [9.17, 15) is 18.0 Å². The first-order valence-corrected chi connectivity index (χ1v) is 10.0. The summed E-state index contributed by atoms with van der Waals surface area (Å²) in [5.41, 5.74) is 0.282. The quantitative estimate of drug-likeness (QED) is 0.526. The van der Waals surface area contributed by atoms with Crippen LogP contribution in [0.4, 0.5) is 13.2 Å². The van der Waals surface area contributed by atoms with Crippen molar-refractivity contribution in [3.05, 3.63) is 46.5 Å². The van der Waals surface area contributed by atoms with Crippen molar-refractivity contribution in [3.8, 4) is 5.69 Å². The monoisotopic (exact) mass is 409 g/mol. The van der Waals surface area contributed by atoms with Gasteiger partial charge in [0.15, 0.2) is 0 Å². The maximum atomic E-state index is 13.1. The number of aromatic nitrogens is 2. The fourth-order valence-corrected chi connectivity index (χ4v) is 4.30. The van der Waals surface area contributed by atoms with E-state index in [1.165, 1.54) is 22.1 Å². The molecule has 0 aliphatic rings. The summed E-state index contributed by atoms with van der Waals surface area (Å²) in [5, 5.41) is 5.19. The average molecular weight is 409 g/mol. The molecule has 4 nitrogen and oxygen atoms in total. The van der Waals surface area contributed by atoms with Gasteiger partial charge in [-0.3, -0.25) is 4.79 Å². The molecule has 0 atom stereocenters. The number of hydrogen-bond acceptors (Lipinski definition) is 3. The number of benzene rings is 1. The number of hydrogen-bond donors (Lipinski definition) is 0. The summed E-state index contributed by atoms with van der Waals surface area (Å²) in [6.45, 7) is 7.20. The highest BCUT2D eigenvalue weighted by molar-refractivity contribution is 7.20. The van der Waals surface area contributed by atoms with Crippen molar-refractivity contribution in [2.75, 3.05) is 13.1 Å². The highest BCUT2D eigenvalue weighted by Crippen LogP contribution is 2.34. The molecule has 8 heteroatoms. The molecule has 3 aromatic rings. The van der Waals surface area contributed by atoms with Crippen LogP contribution >= 0.6 is 11.3 Å². The van der Waals surface area contributed by atoms with Crippen LogP contribution in [0.25, 0.3) is 15.9 Å². The van der Waals surface area contributed by atoms with Crippen molar-refractivity contribution in [3.63, 3.8) is 0 Å². The molecule has 0 fully saturated rings. The molecule has 150 valence electrons. The topological polar surface area (TPSA) is 38.1 Å². The fourth-order valence-electron chi connectivity index (χ4n) is 3.15. The summed E-state index contributed by atoms with van der Waals surface area (Å²) in [7, 11) is 0. The Hall–Kier alpha value is -2.35. The lowest BCUT2D eigenvalue weighted by atomic mass is 10.2. The van der Waals surface area contributed by atoms with Gasteiger partial charge in [0.1, 0.15) is 4.83 Å². The molecule has 3 rings (SSSR count). The van der Waals surface area contributed by atoms with Crippen molar-refractivity contribution in [1.82, 2.24) is 14.7 Å². The summed E-state index contributed by atoms with van der Waals surface area (Å²) in [6.07, 6.45) is -2.68. The first kappa shape index (κ1) is 20.4. The van der Waals surface area contributed by atoms with Gasteiger partial charge in [0, 0.05) is 18.5 Å². The van der Waals surface area contributed by atoms with Crippen LogP contribution in [0.3, 0.4) is 0 Å². The van der Waals surface area contributed by atoms with E-state index in [0.717, 1.165) is 30.4 Å². The van der Waals surface area contributed by atoms with Crippen LogP contribution < -0.4 is 0 Å². The second kappa shape index (κ2) is 7.95. The number of fused-ring (bicyclic) bond motifs is 1. The molecule has 0 unspecified atom stereocenters. The average Bonchev–Trinajstić information content (AvgIpc) is 3.21. The van der Waals surface area contributed by atoms with Crippen LogP contribution in [0.1, 0.15) is 47.6 Å². The maximum Gasteiger partial charge on any atom is 0.416 e. The van der Waals surface area contributed by atoms with E-state index in [4.69, 9.17) is 0 Å². The predicted molar refractivity (Wildman–Crippen MR) is 105 cm³/mol. The number of rotatable bonds is 6. The third-order valence-electron chi connectivity index (χ3n) is 4.45. The van der Waals surface area contributed by atoms with Gasteiger partial charge in [-0.15, -0.1) is 11.3 Å². The van der Waals surface area contributed by atoms with Gasteiger partial charge in [0.2, 0.25) is 0 Å². The molecule has 2 heterocycles. The second-order valence-corrected chi connectivity index (χ2v) is 7.70. The summed E-state index contributed by atoms with van der Waals surface area (Å²) < 4.78 is 40.7. The molecule has 0 radical (unpaired) electrons. The Kier molecular flexibility index (Phi) is 5.79. The summed E-state index contributed by atoms with van der Waals surface area (Å²) in [5.74, 6) is -0.0418. The molecule has 0 aliphatic carbocycles. The maximum absolute atomic E-state index is 13.1. The number of carbonyl (C=O) groups is 1. The molecule has 1 aromatic carbocycles. The zero-order chi connectivity index (χ0) is 20.5. The van der Waals surface area contributed by atoms with Gasteiger partial charge >= 0.3 is 6.18 Å². The van der Waals surface area contributed by atoms with Gasteiger partial charge in [-0.25, -0.2) is 4.68 Å². The van der Waals surface area contributed by atoms with E-state index >= 15 is 0 Å². The molecule has 0 bridgehead atoms. The molecule has 1 amide bonds. The zero-order valence-corrected chi connectivity index (χ0v) is 16.8. The molecular weight excluding hydrogens is 387 g/mol. The number of thiophene rings is 1. The van der Waals surface area contributed by atoms with Crippen LogP contribution in [-0.4, -0.2) is 33.7 Å². The van der Waals surface area contributed by atoms with Gasteiger partial charge in [0.25, 0.3) is 5.91 Å². The van der Waals surface area contributed by atoms with Crippen molar-refractivity contribution < 1.29 is 18.0 Å². The molecule has 0 spiro atoms. The van der Waals surface area contributed by atoms with Gasteiger partial charge in [0.05, 0.1) is 21.8 Å². The van der Waals surface area contributed by atoms with E-state index in [2.05, 4.69) is 5.10 Å². The molecule has 0 saturated carbocycles. The highest BCUT2D eigenvalue weighted by Gasteiger charge is 2.31. The Balaban J connectivity index is 2.04. The highest BCUT2D eigenvalue weighted by atomic mass is 32.1.